The number of carbonyl (C=O) groups is 1. The molecular formula is C13H11FN2O2. The average molecular weight is 246 g/mol. The van der Waals surface area contributed by atoms with E-state index in [1.165, 1.54) is 12.1 Å². The third-order valence-corrected chi connectivity index (χ3v) is 2.44. The molecule has 0 aliphatic heterocycles. The molecular weight excluding hydrogens is 235 g/mol. The average Bonchev–Trinajstić information content (AvgIpc) is 2.37. The fraction of sp³-hybridized carbons (Fsp3) is 0.0769. The minimum atomic E-state index is -0.527. The molecule has 1 amide bonds. The van der Waals surface area contributed by atoms with E-state index in [-0.39, 0.29) is 5.75 Å². The standard InChI is InChI=1S/C13H11FN2O2/c14-12-5-10(18)2-3-11(12)13-4-1-9(7-16-13)6-15-8-17/h1-5,7-8,18H,6H2,(H,15,17). The van der Waals surface area contributed by atoms with Gasteiger partial charge < -0.3 is 10.4 Å². The van der Waals surface area contributed by atoms with Crippen molar-refractivity contribution in [3.8, 4) is 17.0 Å². The molecule has 0 aliphatic rings. The Morgan fingerprint density at radius 3 is 2.78 bits per heavy atom. The second-order valence-electron chi connectivity index (χ2n) is 3.71. The molecule has 0 saturated heterocycles. The summed E-state index contributed by atoms with van der Waals surface area (Å²) in [7, 11) is 0. The number of amides is 1. The maximum absolute atomic E-state index is 13.6. The van der Waals surface area contributed by atoms with Crippen LogP contribution in [-0.4, -0.2) is 16.5 Å². The summed E-state index contributed by atoms with van der Waals surface area (Å²) >= 11 is 0. The molecule has 5 heteroatoms. The van der Waals surface area contributed by atoms with Gasteiger partial charge in [-0.3, -0.25) is 9.78 Å². The number of phenolic OH excluding ortho intramolecular Hbond substituents is 1. The van der Waals surface area contributed by atoms with Crippen LogP contribution in [0.5, 0.6) is 5.75 Å². The van der Waals surface area contributed by atoms with Gasteiger partial charge in [0, 0.05) is 24.4 Å². The molecule has 0 saturated carbocycles. The van der Waals surface area contributed by atoms with E-state index in [2.05, 4.69) is 10.3 Å². The Bertz CT molecular complexity index is 555. The fourth-order valence-corrected chi connectivity index (χ4v) is 1.56. The highest BCUT2D eigenvalue weighted by Crippen LogP contribution is 2.24. The molecule has 0 spiro atoms. The van der Waals surface area contributed by atoms with E-state index < -0.39 is 5.82 Å². The molecule has 2 rings (SSSR count). The van der Waals surface area contributed by atoms with Crippen LogP contribution in [0, 0.1) is 5.82 Å². The second-order valence-corrected chi connectivity index (χ2v) is 3.71. The zero-order valence-electron chi connectivity index (χ0n) is 9.43. The molecule has 0 aliphatic carbocycles. The second kappa shape index (κ2) is 5.27. The van der Waals surface area contributed by atoms with Gasteiger partial charge in [-0.15, -0.1) is 0 Å². The van der Waals surface area contributed by atoms with Crippen LogP contribution in [0.2, 0.25) is 0 Å². The summed E-state index contributed by atoms with van der Waals surface area (Å²) in [6, 6.07) is 7.33. The van der Waals surface area contributed by atoms with Crippen molar-refractivity contribution >= 4 is 6.41 Å². The van der Waals surface area contributed by atoms with Gasteiger partial charge in [0.2, 0.25) is 6.41 Å². The van der Waals surface area contributed by atoms with E-state index >= 15 is 0 Å². The number of rotatable bonds is 4. The number of benzene rings is 1. The Morgan fingerprint density at radius 2 is 2.17 bits per heavy atom. The normalized spacial score (nSPS) is 10.1. The van der Waals surface area contributed by atoms with Crippen LogP contribution < -0.4 is 5.32 Å². The molecule has 2 N–H and O–H groups in total. The summed E-state index contributed by atoms with van der Waals surface area (Å²) in [4.78, 5) is 14.3. The van der Waals surface area contributed by atoms with E-state index in [1.807, 2.05) is 0 Å². The predicted molar refractivity (Wildman–Crippen MR) is 64.2 cm³/mol. The highest BCUT2D eigenvalue weighted by molar-refractivity contribution is 5.61. The van der Waals surface area contributed by atoms with Gasteiger partial charge in [-0.25, -0.2) is 4.39 Å². The van der Waals surface area contributed by atoms with Gasteiger partial charge >= 0.3 is 0 Å². The van der Waals surface area contributed by atoms with Crippen LogP contribution >= 0.6 is 0 Å². The van der Waals surface area contributed by atoms with E-state index in [4.69, 9.17) is 5.11 Å². The van der Waals surface area contributed by atoms with Crippen molar-refractivity contribution in [2.75, 3.05) is 0 Å². The molecule has 0 fully saturated rings. The summed E-state index contributed by atoms with van der Waals surface area (Å²) in [5, 5.41) is 11.6. The smallest absolute Gasteiger partial charge is 0.207 e. The first-order valence-electron chi connectivity index (χ1n) is 5.31. The van der Waals surface area contributed by atoms with Gasteiger partial charge in [0.1, 0.15) is 11.6 Å². The first-order chi connectivity index (χ1) is 8.70. The summed E-state index contributed by atoms with van der Waals surface area (Å²) in [5.74, 6) is -0.649. The molecule has 1 heterocycles. The summed E-state index contributed by atoms with van der Waals surface area (Å²) < 4.78 is 13.6. The van der Waals surface area contributed by atoms with E-state index in [1.54, 1.807) is 18.3 Å². The predicted octanol–water partition coefficient (Wildman–Crippen LogP) is 1.84. The summed E-state index contributed by atoms with van der Waals surface area (Å²) in [6.07, 6.45) is 2.17. The topological polar surface area (TPSA) is 62.2 Å². The van der Waals surface area contributed by atoms with Crippen molar-refractivity contribution in [1.82, 2.24) is 10.3 Å². The number of halogens is 1. The number of aromatic hydroxyl groups is 1. The third kappa shape index (κ3) is 2.63. The molecule has 92 valence electrons. The number of aromatic nitrogens is 1. The highest BCUT2D eigenvalue weighted by atomic mass is 19.1. The maximum Gasteiger partial charge on any atom is 0.207 e. The first-order valence-corrected chi connectivity index (χ1v) is 5.31. The SMILES string of the molecule is O=CNCc1ccc(-c2ccc(O)cc2F)nc1. The Hall–Kier alpha value is -2.43. The Morgan fingerprint density at radius 1 is 1.33 bits per heavy atom. The molecule has 0 atom stereocenters. The molecule has 1 aromatic carbocycles. The molecule has 1 aromatic heterocycles. The van der Waals surface area contributed by atoms with Gasteiger partial charge in [-0.1, -0.05) is 6.07 Å². The Kier molecular flexibility index (Phi) is 3.52. The molecule has 2 aromatic rings. The van der Waals surface area contributed by atoms with Gasteiger partial charge in [-0.05, 0) is 23.8 Å². The lowest BCUT2D eigenvalue weighted by Crippen LogP contribution is -2.09. The fourth-order valence-electron chi connectivity index (χ4n) is 1.56. The zero-order valence-corrected chi connectivity index (χ0v) is 9.43. The minimum Gasteiger partial charge on any atom is -0.508 e. The number of hydrogen-bond acceptors (Lipinski definition) is 3. The number of carbonyl (C=O) groups excluding carboxylic acids is 1. The van der Waals surface area contributed by atoms with Crippen molar-refractivity contribution in [3.05, 3.63) is 47.9 Å². The number of pyridine rings is 1. The first kappa shape index (κ1) is 12.0. The lowest BCUT2D eigenvalue weighted by Gasteiger charge is -2.05. The summed E-state index contributed by atoms with van der Waals surface area (Å²) in [6.45, 7) is 0.384. The minimum absolute atomic E-state index is 0.122. The molecule has 0 bridgehead atoms. The van der Waals surface area contributed by atoms with Gasteiger partial charge in [0.05, 0.1) is 5.69 Å². The highest BCUT2D eigenvalue weighted by Gasteiger charge is 2.07. The molecule has 0 radical (unpaired) electrons. The number of nitrogens with one attached hydrogen (secondary N) is 1. The largest absolute Gasteiger partial charge is 0.508 e. The van der Waals surface area contributed by atoms with E-state index in [0.717, 1.165) is 11.6 Å². The van der Waals surface area contributed by atoms with Crippen LogP contribution in [0.15, 0.2) is 36.5 Å². The third-order valence-electron chi connectivity index (χ3n) is 2.44. The van der Waals surface area contributed by atoms with E-state index in [9.17, 15) is 9.18 Å². The Labute approximate surface area is 103 Å². The van der Waals surface area contributed by atoms with Crippen LogP contribution in [0.3, 0.4) is 0 Å². The van der Waals surface area contributed by atoms with Crippen molar-refractivity contribution in [2.24, 2.45) is 0 Å². The lowest BCUT2D eigenvalue weighted by atomic mass is 10.1. The van der Waals surface area contributed by atoms with Crippen LogP contribution in [0.4, 0.5) is 4.39 Å². The Balaban J connectivity index is 2.25. The van der Waals surface area contributed by atoms with Crippen molar-refractivity contribution < 1.29 is 14.3 Å². The number of hydrogen-bond donors (Lipinski definition) is 2. The monoisotopic (exact) mass is 246 g/mol. The zero-order chi connectivity index (χ0) is 13.0. The molecule has 18 heavy (non-hydrogen) atoms. The van der Waals surface area contributed by atoms with Gasteiger partial charge in [0.25, 0.3) is 0 Å². The van der Waals surface area contributed by atoms with Crippen LogP contribution in [0.1, 0.15) is 5.56 Å². The van der Waals surface area contributed by atoms with Crippen molar-refractivity contribution in [2.45, 2.75) is 6.54 Å². The van der Waals surface area contributed by atoms with Gasteiger partial charge in [-0.2, -0.15) is 0 Å². The molecule has 0 unspecified atom stereocenters. The number of nitrogens with zero attached hydrogens (tertiary/aromatic N) is 1. The molecule has 4 nitrogen and oxygen atoms in total. The van der Waals surface area contributed by atoms with Gasteiger partial charge in [0.15, 0.2) is 0 Å². The lowest BCUT2D eigenvalue weighted by molar-refractivity contribution is -0.109. The van der Waals surface area contributed by atoms with Crippen LogP contribution in [0.25, 0.3) is 11.3 Å². The van der Waals surface area contributed by atoms with Crippen LogP contribution in [-0.2, 0) is 11.3 Å². The number of phenols is 1. The quantitative estimate of drug-likeness (QED) is 0.809. The van der Waals surface area contributed by atoms with Crippen molar-refractivity contribution in [3.63, 3.8) is 0 Å². The summed E-state index contributed by atoms with van der Waals surface area (Å²) in [5.41, 5.74) is 1.62. The maximum atomic E-state index is 13.6. The van der Waals surface area contributed by atoms with Crippen molar-refractivity contribution in [1.29, 1.82) is 0 Å². The van der Waals surface area contributed by atoms with E-state index in [0.29, 0.717) is 24.2 Å².